The van der Waals surface area contributed by atoms with Crippen LogP contribution in [0.5, 0.6) is 0 Å². The Labute approximate surface area is 242 Å². The Hall–Kier alpha value is -5.10. The van der Waals surface area contributed by atoms with Crippen molar-refractivity contribution in [1.82, 2.24) is 4.57 Å². The van der Waals surface area contributed by atoms with Crippen LogP contribution >= 0.6 is 11.3 Å². The van der Waals surface area contributed by atoms with Gasteiger partial charge in [0.25, 0.3) is 11.2 Å². The Morgan fingerprint density at radius 2 is 1.93 bits per heavy atom. The zero-order valence-electron chi connectivity index (χ0n) is 23.1. The molecule has 0 bridgehead atoms. The van der Waals surface area contributed by atoms with Crippen molar-refractivity contribution < 1.29 is 28.4 Å². The van der Waals surface area contributed by atoms with Gasteiger partial charge >= 0.3 is 11.9 Å². The van der Waals surface area contributed by atoms with E-state index in [1.165, 1.54) is 17.7 Å². The van der Waals surface area contributed by atoms with Crippen LogP contribution in [0, 0.1) is 17.0 Å². The molecule has 2 aromatic heterocycles. The van der Waals surface area contributed by atoms with Crippen molar-refractivity contribution in [2.45, 2.75) is 26.8 Å². The number of hydrogen-bond donors (Lipinski definition) is 0. The second kappa shape index (κ2) is 11.4. The zero-order valence-corrected chi connectivity index (χ0v) is 23.9. The number of ether oxygens (including phenoxy) is 2. The third kappa shape index (κ3) is 5.19. The van der Waals surface area contributed by atoms with Crippen LogP contribution in [0.3, 0.4) is 0 Å². The number of hydrogen-bond acceptors (Lipinski definition) is 10. The van der Waals surface area contributed by atoms with Crippen molar-refractivity contribution in [2.75, 3.05) is 13.7 Å². The minimum absolute atomic E-state index is 0.101. The van der Waals surface area contributed by atoms with E-state index in [1.807, 2.05) is 0 Å². The first-order valence-corrected chi connectivity index (χ1v) is 13.7. The zero-order chi connectivity index (χ0) is 30.1. The van der Waals surface area contributed by atoms with Gasteiger partial charge in [0.1, 0.15) is 11.5 Å². The van der Waals surface area contributed by atoms with Crippen LogP contribution in [0.1, 0.15) is 47.1 Å². The first-order valence-electron chi connectivity index (χ1n) is 12.9. The highest BCUT2D eigenvalue weighted by Crippen LogP contribution is 2.33. The van der Waals surface area contributed by atoms with E-state index in [0.29, 0.717) is 44.3 Å². The van der Waals surface area contributed by atoms with E-state index in [9.17, 15) is 24.5 Å². The summed E-state index contributed by atoms with van der Waals surface area (Å²) in [4.78, 5) is 54.9. The lowest BCUT2D eigenvalue weighted by atomic mass is 9.94. The molecule has 42 heavy (non-hydrogen) atoms. The predicted molar refractivity (Wildman–Crippen MR) is 154 cm³/mol. The lowest BCUT2D eigenvalue weighted by Gasteiger charge is -2.24. The molecule has 12 heteroatoms. The molecule has 0 fully saturated rings. The fourth-order valence-corrected chi connectivity index (χ4v) is 5.76. The van der Waals surface area contributed by atoms with Crippen LogP contribution in [0.4, 0.5) is 5.69 Å². The molecule has 2 aromatic carbocycles. The van der Waals surface area contributed by atoms with Gasteiger partial charge in [-0.05, 0) is 50.6 Å². The molecule has 0 N–H and O–H groups in total. The number of allylic oxidation sites excluding steroid dienone is 1. The maximum atomic E-state index is 13.8. The Morgan fingerprint density at radius 3 is 2.64 bits per heavy atom. The fourth-order valence-electron chi connectivity index (χ4n) is 4.73. The summed E-state index contributed by atoms with van der Waals surface area (Å²) in [6.07, 6.45) is 1.57. The van der Waals surface area contributed by atoms with Gasteiger partial charge in [0.15, 0.2) is 4.80 Å². The lowest BCUT2D eigenvalue weighted by molar-refractivity contribution is -0.385. The SMILES string of the molecule is CCOC(=O)C1=C(C)N=c2s/c(=C/c3ccc(-c4cccc(C(=O)OC)c4)o3)c(=O)n2[C@@H]1c1ccc(C)c([N+](=O)[O-])c1. The number of rotatable bonds is 7. The van der Waals surface area contributed by atoms with Gasteiger partial charge in [-0.1, -0.05) is 35.6 Å². The van der Waals surface area contributed by atoms with Gasteiger partial charge in [-0.2, -0.15) is 0 Å². The van der Waals surface area contributed by atoms with Crippen LogP contribution in [-0.4, -0.2) is 35.1 Å². The summed E-state index contributed by atoms with van der Waals surface area (Å²) in [5.74, 6) is -0.283. The Bertz CT molecular complexity index is 1960. The number of nitrogens with zero attached hydrogens (tertiary/aromatic N) is 3. The first-order chi connectivity index (χ1) is 20.1. The molecule has 0 saturated heterocycles. The van der Waals surface area contributed by atoms with Crippen LogP contribution in [0.15, 0.2) is 80.1 Å². The summed E-state index contributed by atoms with van der Waals surface area (Å²) in [5, 5.41) is 11.7. The van der Waals surface area contributed by atoms with Gasteiger partial charge in [0.2, 0.25) is 0 Å². The predicted octanol–water partition coefficient (Wildman–Crippen LogP) is 4.06. The number of benzene rings is 2. The maximum Gasteiger partial charge on any atom is 0.338 e. The highest BCUT2D eigenvalue weighted by Gasteiger charge is 2.34. The molecule has 0 unspecified atom stereocenters. The normalized spacial score (nSPS) is 14.8. The second-order valence-electron chi connectivity index (χ2n) is 9.38. The van der Waals surface area contributed by atoms with E-state index in [2.05, 4.69) is 4.99 Å². The summed E-state index contributed by atoms with van der Waals surface area (Å²) in [5.41, 5.74) is 1.72. The number of nitro benzene ring substituents is 1. The van der Waals surface area contributed by atoms with Crippen molar-refractivity contribution >= 4 is 35.0 Å². The van der Waals surface area contributed by atoms with Crippen molar-refractivity contribution in [3.63, 3.8) is 0 Å². The average Bonchev–Trinajstić information content (AvgIpc) is 3.56. The molecule has 1 aliphatic heterocycles. The number of carbonyl (C=O) groups is 2. The minimum atomic E-state index is -0.991. The highest BCUT2D eigenvalue weighted by molar-refractivity contribution is 7.07. The van der Waals surface area contributed by atoms with Crippen LogP contribution in [-0.2, 0) is 14.3 Å². The summed E-state index contributed by atoms with van der Waals surface area (Å²) < 4.78 is 17.7. The summed E-state index contributed by atoms with van der Waals surface area (Å²) in [7, 11) is 1.30. The number of fused-ring (bicyclic) bond motifs is 1. The largest absolute Gasteiger partial charge is 0.465 e. The van der Waals surface area contributed by atoms with E-state index < -0.39 is 28.5 Å². The molecule has 214 valence electrons. The van der Waals surface area contributed by atoms with Crippen LogP contribution in [0.25, 0.3) is 17.4 Å². The molecule has 0 amide bonds. The van der Waals surface area contributed by atoms with Gasteiger partial charge < -0.3 is 13.9 Å². The van der Waals surface area contributed by atoms with E-state index in [4.69, 9.17) is 13.9 Å². The molecule has 3 heterocycles. The molecular formula is C30H25N3O8S. The molecule has 4 aromatic rings. The van der Waals surface area contributed by atoms with Gasteiger partial charge in [-0.15, -0.1) is 0 Å². The van der Waals surface area contributed by atoms with Gasteiger partial charge in [-0.25, -0.2) is 14.6 Å². The maximum absolute atomic E-state index is 13.8. The average molecular weight is 588 g/mol. The summed E-state index contributed by atoms with van der Waals surface area (Å²) >= 11 is 1.10. The number of aryl methyl sites for hydroxylation is 1. The van der Waals surface area contributed by atoms with E-state index in [1.54, 1.807) is 75.4 Å². The molecule has 0 aliphatic carbocycles. The van der Waals surface area contributed by atoms with E-state index in [0.717, 1.165) is 11.3 Å². The fraction of sp³-hybridized carbons (Fsp3) is 0.200. The number of carbonyl (C=O) groups excluding carboxylic acids is 2. The standard InChI is InChI=1S/C30H25N3O8S/c1-5-40-29(36)25-17(3)31-30-32(26(25)19-10-9-16(2)22(14-19)33(37)38)27(34)24(42-30)15-21-11-12-23(41-21)18-7-6-8-20(13-18)28(35)39-4/h6-15,26H,5H2,1-4H3/b24-15+/t26-/m1/s1. The molecule has 0 spiro atoms. The van der Waals surface area contributed by atoms with E-state index >= 15 is 0 Å². The molecule has 1 aliphatic rings. The molecule has 11 nitrogen and oxygen atoms in total. The van der Waals surface area contributed by atoms with Crippen molar-refractivity contribution in [3.05, 3.63) is 118 Å². The highest BCUT2D eigenvalue weighted by atomic mass is 32.1. The van der Waals surface area contributed by atoms with Crippen molar-refractivity contribution in [2.24, 2.45) is 4.99 Å². The summed E-state index contributed by atoms with van der Waals surface area (Å²) in [6, 6.07) is 13.8. The van der Waals surface area contributed by atoms with Gasteiger partial charge in [-0.3, -0.25) is 19.5 Å². The first kappa shape index (κ1) is 28.4. The number of aromatic nitrogens is 1. The van der Waals surface area contributed by atoms with E-state index in [-0.39, 0.29) is 22.4 Å². The molecule has 0 saturated carbocycles. The number of esters is 2. The number of furan rings is 1. The minimum Gasteiger partial charge on any atom is -0.465 e. The number of thiazole rings is 1. The molecule has 0 radical (unpaired) electrons. The Morgan fingerprint density at radius 1 is 1.14 bits per heavy atom. The third-order valence-corrected chi connectivity index (χ3v) is 7.71. The topological polar surface area (TPSA) is 143 Å². The Kier molecular flexibility index (Phi) is 7.72. The smallest absolute Gasteiger partial charge is 0.338 e. The van der Waals surface area contributed by atoms with Crippen molar-refractivity contribution in [1.29, 1.82) is 0 Å². The van der Waals surface area contributed by atoms with Gasteiger partial charge in [0.05, 0.1) is 46.0 Å². The van der Waals surface area contributed by atoms with Crippen molar-refractivity contribution in [3.8, 4) is 11.3 Å². The summed E-state index contributed by atoms with van der Waals surface area (Å²) in [6.45, 7) is 5.02. The number of methoxy groups -OCH3 is 1. The Balaban J connectivity index is 1.63. The molecule has 5 rings (SSSR count). The van der Waals surface area contributed by atoms with Crippen LogP contribution < -0.4 is 14.9 Å². The third-order valence-electron chi connectivity index (χ3n) is 6.73. The van der Waals surface area contributed by atoms with Gasteiger partial charge in [0, 0.05) is 23.3 Å². The number of nitro groups is 1. The quantitative estimate of drug-likeness (QED) is 0.179. The monoisotopic (exact) mass is 587 g/mol. The second-order valence-corrected chi connectivity index (χ2v) is 10.4. The molecular weight excluding hydrogens is 562 g/mol. The lowest BCUT2D eigenvalue weighted by Crippen LogP contribution is -2.40. The molecule has 1 atom stereocenters. The van der Waals surface area contributed by atoms with Crippen LogP contribution in [0.2, 0.25) is 0 Å².